The Morgan fingerprint density at radius 1 is 1.50 bits per heavy atom. The average molecular weight is 268 g/mol. The third-order valence-corrected chi connectivity index (χ3v) is 3.96. The Morgan fingerprint density at radius 3 is 2.93 bits per heavy atom. The van der Waals surface area contributed by atoms with Crippen molar-refractivity contribution in [3.05, 3.63) is 33.1 Å². The van der Waals surface area contributed by atoms with Gasteiger partial charge < -0.3 is 5.11 Å². The topological polar surface area (TPSA) is 44.0 Å². The summed E-state index contributed by atoms with van der Waals surface area (Å²) in [6, 6.07) is 5.73. The number of fused-ring (bicyclic) bond motifs is 1. The van der Waals surface area contributed by atoms with Gasteiger partial charge in [0.2, 0.25) is 0 Å². The largest absolute Gasteiger partial charge is 0.392 e. The average Bonchev–Trinajstić information content (AvgIpc) is 2.59. The molecule has 14 heavy (non-hydrogen) atoms. The molecule has 0 bridgehead atoms. The molecule has 1 aromatic carbocycles. The summed E-state index contributed by atoms with van der Waals surface area (Å²) >= 11 is 5.01. The lowest BCUT2D eigenvalue weighted by atomic mass is 10.1. The number of rotatable bonds is 1. The molecule has 0 spiro atoms. The van der Waals surface area contributed by atoms with E-state index in [4.69, 9.17) is 5.26 Å². The molecule has 4 heteroatoms. The Morgan fingerprint density at radius 2 is 2.29 bits per heavy atom. The lowest BCUT2D eigenvalue weighted by Gasteiger charge is -2.02. The number of aliphatic hydroxyl groups excluding tert-OH is 1. The minimum Gasteiger partial charge on any atom is -0.392 e. The van der Waals surface area contributed by atoms with E-state index in [9.17, 15) is 5.11 Å². The summed E-state index contributed by atoms with van der Waals surface area (Å²) in [7, 11) is 0. The van der Waals surface area contributed by atoms with Crippen LogP contribution in [0.2, 0.25) is 0 Å². The van der Waals surface area contributed by atoms with Crippen molar-refractivity contribution in [2.45, 2.75) is 6.61 Å². The van der Waals surface area contributed by atoms with Crippen LogP contribution in [0, 0.1) is 11.3 Å². The highest BCUT2D eigenvalue weighted by Gasteiger charge is 2.10. The Kier molecular flexibility index (Phi) is 2.55. The molecule has 1 heterocycles. The highest BCUT2D eigenvalue weighted by Crippen LogP contribution is 2.34. The first-order valence-corrected chi connectivity index (χ1v) is 5.64. The number of benzene rings is 1. The minimum atomic E-state index is -0.102. The summed E-state index contributed by atoms with van der Waals surface area (Å²) in [5, 5.41) is 21.0. The molecule has 0 amide bonds. The maximum atomic E-state index is 9.22. The highest BCUT2D eigenvalue weighted by molar-refractivity contribution is 9.10. The maximum absolute atomic E-state index is 9.22. The zero-order valence-corrected chi connectivity index (χ0v) is 9.52. The molecule has 0 aliphatic heterocycles. The number of nitrogens with zero attached hydrogens (tertiary/aromatic N) is 1. The second-order valence-corrected chi connectivity index (χ2v) is 4.58. The number of aliphatic hydroxyl groups is 1. The van der Waals surface area contributed by atoms with Crippen molar-refractivity contribution < 1.29 is 5.11 Å². The second kappa shape index (κ2) is 3.70. The van der Waals surface area contributed by atoms with Crippen molar-refractivity contribution in [2.75, 3.05) is 0 Å². The van der Waals surface area contributed by atoms with E-state index in [0.29, 0.717) is 11.1 Å². The Hall–Kier alpha value is -0.890. The fraction of sp³-hybridized carbons (Fsp3) is 0.100. The predicted octanol–water partition coefficient (Wildman–Crippen LogP) is 3.03. The van der Waals surface area contributed by atoms with E-state index >= 15 is 0 Å². The van der Waals surface area contributed by atoms with Gasteiger partial charge in [0.05, 0.1) is 18.2 Å². The first kappa shape index (κ1) is 9.66. The van der Waals surface area contributed by atoms with E-state index in [2.05, 4.69) is 22.0 Å². The Balaban J connectivity index is 2.89. The zero-order chi connectivity index (χ0) is 10.1. The summed E-state index contributed by atoms with van der Waals surface area (Å²) < 4.78 is 2.03. The molecule has 70 valence electrons. The summed E-state index contributed by atoms with van der Waals surface area (Å²) in [5.74, 6) is 0. The standard InChI is InChI=1S/C10H6BrNOS/c11-8-5-14-9-2-1-6(3-12)7(4-13)10(8)9/h1-2,5,13H,4H2. The number of nitriles is 1. The van der Waals surface area contributed by atoms with Crippen molar-refractivity contribution in [3.63, 3.8) is 0 Å². The van der Waals surface area contributed by atoms with E-state index in [0.717, 1.165) is 14.6 Å². The molecular weight excluding hydrogens is 262 g/mol. The van der Waals surface area contributed by atoms with Crippen LogP contribution in [0.3, 0.4) is 0 Å². The molecule has 0 fully saturated rings. The van der Waals surface area contributed by atoms with E-state index < -0.39 is 0 Å². The van der Waals surface area contributed by atoms with Gasteiger partial charge in [0, 0.05) is 25.5 Å². The number of halogens is 1. The normalized spacial score (nSPS) is 10.4. The molecule has 2 rings (SSSR count). The molecule has 0 radical (unpaired) electrons. The third-order valence-electron chi connectivity index (χ3n) is 2.08. The van der Waals surface area contributed by atoms with E-state index in [1.165, 1.54) is 0 Å². The van der Waals surface area contributed by atoms with Crippen molar-refractivity contribution in [1.29, 1.82) is 5.26 Å². The molecule has 1 N–H and O–H groups in total. The monoisotopic (exact) mass is 267 g/mol. The van der Waals surface area contributed by atoms with Crippen LogP contribution in [0.5, 0.6) is 0 Å². The van der Waals surface area contributed by atoms with Crippen LogP contribution in [0.15, 0.2) is 22.0 Å². The van der Waals surface area contributed by atoms with Gasteiger partial charge in [0.1, 0.15) is 0 Å². The summed E-state index contributed by atoms with van der Waals surface area (Å²) in [4.78, 5) is 0. The molecule has 2 aromatic rings. The molecule has 0 aliphatic carbocycles. The molecule has 0 saturated carbocycles. The highest BCUT2D eigenvalue weighted by atomic mass is 79.9. The summed E-state index contributed by atoms with van der Waals surface area (Å²) in [5.41, 5.74) is 1.25. The summed E-state index contributed by atoms with van der Waals surface area (Å²) in [6.07, 6.45) is 0. The fourth-order valence-electron chi connectivity index (χ4n) is 1.43. The van der Waals surface area contributed by atoms with Crippen molar-refractivity contribution in [3.8, 4) is 6.07 Å². The van der Waals surface area contributed by atoms with Crippen LogP contribution in [-0.2, 0) is 6.61 Å². The van der Waals surface area contributed by atoms with Crippen LogP contribution >= 0.6 is 27.3 Å². The van der Waals surface area contributed by atoms with Crippen LogP contribution in [-0.4, -0.2) is 5.11 Å². The van der Waals surface area contributed by atoms with Crippen molar-refractivity contribution >= 4 is 37.4 Å². The smallest absolute Gasteiger partial charge is 0.0995 e. The lowest BCUT2D eigenvalue weighted by molar-refractivity contribution is 0.283. The fourth-order valence-corrected chi connectivity index (χ4v) is 3.14. The maximum Gasteiger partial charge on any atom is 0.0995 e. The number of hydrogen-bond donors (Lipinski definition) is 1. The number of thiophene rings is 1. The molecule has 0 aliphatic rings. The van der Waals surface area contributed by atoms with Crippen LogP contribution in [0.25, 0.3) is 10.1 Å². The predicted molar refractivity (Wildman–Crippen MR) is 60.2 cm³/mol. The number of hydrogen-bond acceptors (Lipinski definition) is 3. The first-order valence-electron chi connectivity index (χ1n) is 3.97. The molecule has 0 unspecified atom stereocenters. The molecule has 1 aromatic heterocycles. The van der Waals surface area contributed by atoms with Gasteiger partial charge in [0.25, 0.3) is 0 Å². The molecular formula is C10H6BrNOS. The molecule has 0 atom stereocenters. The van der Waals surface area contributed by atoms with Gasteiger partial charge in [-0.1, -0.05) is 0 Å². The van der Waals surface area contributed by atoms with Gasteiger partial charge in [-0.3, -0.25) is 0 Å². The lowest BCUT2D eigenvalue weighted by Crippen LogP contribution is -1.89. The second-order valence-electron chi connectivity index (χ2n) is 2.82. The molecule has 0 saturated heterocycles. The van der Waals surface area contributed by atoms with Gasteiger partial charge in [0.15, 0.2) is 0 Å². The van der Waals surface area contributed by atoms with Crippen LogP contribution in [0.1, 0.15) is 11.1 Å². The SMILES string of the molecule is N#Cc1ccc2scc(Br)c2c1CO. The van der Waals surface area contributed by atoms with Gasteiger partial charge in [-0.25, -0.2) is 0 Å². The van der Waals surface area contributed by atoms with E-state index in [1.54, 1.807) is 17.4 Å². The quantitative estimate of drug-likeness (QED) is 0.863. The molecule has 2 nitrogen and oxygen atoms in total. The van der Waals surface area contributed by atoms with Crippen molar-refractivity contribution in [1.82, 2.24) is 0 Å². The Labute approximate surface area is 93.5 Å². The van der Waals surface area contributed by atoms with Gasteiger partial charge in [-0.15, -0.1) is 11.3 Å². The van der Waals surface area contributed by atoms with Crippen LogP contribution in [0.4, 0.5) is 0 Å². The minimum absolute atomic E-state index is 0.102. The van der Waals surface area contributed by atoms with Crippen LogP contribution < -0.4 is 0 Å². The van der Waals surface area contributed by atoms with E-state index in [-0.39, 0.29) is 6.61 Å². The zero-order valence-electron chi connectivity index (χ0n) is 7.12. The Bertz CT molecular complexity index is 527. The first-order chi connectivity index (χ1) is 6.77. The van der Waals surface area contributed by atoms with Crippen molar-refractivity contribution in [2.24, 2.45) is 0 Å². The van der Waals surface area contributed by atoms with Gasteiger partial charge in [-0.2, -0.15) is 5.26 Å². The summed E-state index contributed by atoms with van der Waals surface area (Å²) in [6.45, 7) is -0.102. The van der Waals surface area contributed by atoms with Gasteiger partial charge in [-0.05, 0) is 28.1 Å². The van der Waals surface area contributed by atoms with Gasteiger partial charge >= 0.3 is 0 Å². The third kappa shape index (κ3) is 1.34. The van der Waals surface area contributed by atoms with E-state index in [1.807, 2.05) is 11.4 Å².